The minimum absolute atomic E-state index is 0.00578. The van der Waals surface area contributed by atoms with E-state index in [1.807, 2.05) is 0 Å². The zero-order chi connectivity index (χ0) is 14.3. The average Bonchev–Trinajstić information content (AvgIpc) is 3.14. The van der Waals surface area contributed by atoms with E-state index >= 15 is 0 Å². The Morgan fingerprint density at radius 2 is 2.20 bits per heavy atom. The number of non-ortho nitro benzene ring substituents is 1. The number of nitro benzene ring substituents is 1. The molecule has 2 aromatic rings. The lowest BCUT2D eigenvalue weighted by molar-refractivity contribution is -0.384. The third-order valence-electron chi connectivity index (χ3n) is 3.39. The summed E-state index contributed by atoms with van der Waals surface area (Å²) in [5, 5.41) is 14.7. The molecule has 1 aromatic carbocycles. The number of hydrogen-bond donors (Lipinski definition) is 1. The summed E-state index contributed by atoms with van der Waals surface area (Å²) in [5.74, 6) is 1.15. The molecule has 1 fully saturated rings. The number of nitro groups is 1. The minimum atomic E-state index is -0.441. The molecule has 2 N–H and O–H groups in total. The van der Waals surface area contributed by atoms with Crippen molar-refractivity contribution in [2.75, 3.05) is 0 Å². The van der Waals surface area contributed by atoms with Crippen LogP contribution in [0.5, 0.6) is 0 Å². The maximum Gasteiger partial charge on any atom is 0.270 e. The zero-order valence-corrected chi connectivity index (χ0v) is 10.9. The van der Waals surface area contributed by atoms with E-state index < -0.39 is 4.92 Å². The van der Waals surface area contributed by atoms with Crippen molar-refractivity contribution in [3.05, 3.63) is 39.7 Å². The molecule has 7 heteroatoms. The van der Waals surface area contributed by atoms with Gasteiger partial charge in [0.25, 0.3) is 11.6 Å². The molecule has 20 heavy (non-hydrogen) atoms. The van der Waals surface area contributed by atoms with Gasteiger partial charge in [-0.25, -0.2) is 0 Å². The fourth-order valence-corrected chi connectivity index (χ4v) is 2.15. The molecule has 1 saturated carbocycles. The molecule has 0 saturated heterocycles. The van der Waals surface area contributed by atoms with Gasteiger partial charge in [-0.1, -0.05) is 5.16 Å². The normalized spacial score (nSPS) is 16.1. The summed E-state index contributed by atoms with van der Waals surface area (Å²) in [4.78, 5) is 14.7. The van der Waals surface area contributed by atoms with Crippen molar-refractivity contribution in [1.82, 2.24) is 10.1 Å². The predicted octanol–water partition coefficient (Wildman–Crippen LogP) is 2.36. The first-order valence-corrected chi connectivity index (χ1v) is 6.40. The van der Waals surface area contributed by atoms with Crippen LogP contribution in [-0.2, 0) is 0 Å². The summed E-state index contributed by atoms with van der Waals surface area (Å²) in [7, 11) is 0. The van der Waals surface area contributed by atoms with Crippen LogP contribution < -0.4 is 5.73 Å². The second-order valence-electron chi connectivity index (χ2n) is 5.14. The van der Waals surface area contributed by atoms with E-state index in [-0.39, 0.29) is 17.6 Å². The van der Waals surface area contributed by atoms with Crippen molar-refractivity contribution < 1.29 is 9.45 Å². The average molecular weight is 274 g/mol. The van der Waals surface area contributed by atoms with Gasteiger partial charge in [0.1, 0.15) is 0 Å². The zero-order valence-electron chi connectivity index (χ0n) is 10.9. The maximum atomic E-state index is 10.9. The first-order chi connectivity index (χ1) is 9.54. The van der Waals surface area contributed by atoms with Crippen LogP contribution in [0.2, 0.25) is 0 Å². The van der Waals surface area contributed by atoms with Crippen molar-refractivity contribution in [2.24, 2.45) is 11.7 Å². The molecule has 3 rings (SSSR count). The fraction of sp³-hybridized carbons (Fsp3) is 0.385. The monoisotopic (exact) mass is 274 g/mol. The van der Waals surface area contributed by atoms with Gasteiger partial charge in [0.15, 0.2) is 5.82 Å². The molecule has 0 aliphatic heterocycles. The summed E-state index contributed by atoms with van der Waals surface area (Å²) in [5.41, 5.74) is 7.32. The Balaban J connectivity index is 1.94. The highest BCUT2D eigenvalue weighted by molar-refractivity contribution is 5.59. The van der Waals surface area contributed by atoms with Crippen LogP contribution in [0.25, 0.3) is 11.5 Å². The van der Waals surface area contributed by atoms with Crippen molar-refractivity contribution in [3.63, 3.8) is 0 Å². The number of nitrogens with zero attached hydrogens (tertiary/aromatic N) is 3. The van der Waals surface area contributed by atoms with Crippen LogP contribution in [0.4, 0.5) is 5.69 Å². The van der Waals surface area contributed by atoms with Gasteiger partial charge in [-0.3, -0.25) is 10.1 Å². The van der Waals surface area contributed by atoms with Crippen LogP contribution in [-0.4, -0.2) is 15.1 Å². The number of nitrogens with two attached hydrogens (primary N) is 1. The topological polar surface area (TPSA) is 108 Å². The summed E-state index contributed by atoms with van der Waals surface area (Å²) >= 11 is 0. The molecule has 1 heterocycles. The number of aromatic nitrogens is 2. The van der Waals surface area contributed by atoms with Gasteiger partial charge in [0.05, 0.1) is 11.0 Å². The number of rotatable bonds is 4. The lowest BCUT2D eigenvalue weighted by Gasteiger charge is -2.02. The largest absolute Gasteiger partial charge is 0.334 e. The first-order valence-electron chi connectivity index (χ1n) is 6.40. The lowest BCUT2D eigenvalue weighted by Crippen LogP contribution is -2.13. The Hall–Kier alpha value is -2.28. The van der Waals surface area contributed by atoms with Crippen molar-refractivity contribution in [1.29, 1.82) is 0 Å². The molecule has 0 bridgehead atoms. The van der Waals surface area contributed by atoms with E-state index in [2.05, 4.69) is 10.1 Å². The minimum Gasteiger partial charge on any atom is -0.334 e. The molecule has 0 spiro atoms. The number of hydrogen-bond acceptors (Lipinski definition) is 6. The standard InChI is InChI=1S/C13H14N4O3/c1-7-4-9(6-10(5-7)17(18)19)13-15-12(16-20-13)11(14)8-2-3-8/h4-6,8,11H,2-3,14H2,1H3. The van der Waals surface area contributed by atoms with Gasteiger partial charge in [0, 0.05) is 17.7 Å². The number of aryl methyl sites for hydroxylation is 1. The van der Waals surface area contributed by atoms with E-state index in [1.54, 1.807) is 13.0 Å². The summed E-state index contributed by atoms with van der Waals surface area (Å²) in [6, 6.07) is 4.48. The van der Waals surface area contributed by atoms with Gasteiger partial charge in [-0.15, -0.1) is 0 Å². The molecule has 104 valence electrons. The molecule has 1 aliphatic rings. The summed E-state index contributed by atoms with van der Waals surface area (Å²) in [6.45, 7) is 1.78. The molecule has 7 nitrogen and oxygen atoms in total. The summed E-state index contributed by atoms with van der Waals surface area (Å²) in [6.07, 6.45) is 2.17. The molecular weight excluding hydrogens is 260 g/mol. The Morgan fingerprint density at radius 1 is 1.45 bits per heavy atom. The fourth-order valence-electron chi connectivity index (χ4n) is 2.15. The molecule has 1 aromatic heterocycles. The SMILES string of the molecule is Cc1cc(-c2nc(C(N)C3CC3)no2)cc([N+](=O)[O-])c1. The molecular formula is C13H14N4O3. The van der Waals surface area contributed by atoms with Crippen molar-refractivity contribution in [2.45, 2.75) is 25.8 Å². The van der Waals surface area contributed by atoms with Crippen LogP contribution in [0.3, 0.4) is 0 Å². The Bertz CT molecular complexity index is 663. The van der Waals surface area contributed by atoms with Gasteiger partial charge in [-0.05, 0) is 37.3 Å². The molecule has 0 amide bonds. The van der Waals surface area contributed by atoms with E-state index in [0.717, 1.165) is 18.4 Å². The van der Waals surface area contributed by atoms with Crippen LogP contribution in [0.1, 0.15) is 30.3 Å². The molecule has 1 atom stereocenters. The quantitative estimate of drug-likeness (QED) is 0.677. The highest BCUT2D eigenvalue weighted by atomic mass is 16.6. The van der Waals surface area contributed by atoms with Gasteiger partial charge >= 0.3 is 0 Å². The lowest BCUT2D eigenvalue weighted by atomic mass is 10.1. The first kappa shape index (κ1) is 12.7. The third-order valence-corrected chi connectivity index (χ3v) is 3.39. The Labute approximate surface area is 114 Å². The van der Waals surface area contributed by atoms with Crippen LogP contribution >= 0.6 is 0 Å². The molecule has 1 aliphatic carbocycles. The Kier molecular flexibility index (Phi) is 2.98. The second-order valence-corrected chi connectivity index (χ2v) is 5.14. The number of benzene rings is 1. The third kappa shape index (κ3) is 2.39. The maximum absolute atomic E-state index is 10.9. The molecule has 1 unspecified atom stereocenters. The second kappa shape index (κ2) is 4.68. The van der Waals surface area contributed by atoms with Crippen molar-refractivity contribution in [3.8, 4) is 11.5 Å². The smallest absolute Gasteiger partial charge is 0.270 e. The summed E-state index contributed by atoms with van der Waals surface area (Å²) < 4.78 is 5.18. The predicted molar refractivity (Wildman–Crippen MR) is 70.8 cm³/mol. The van der Waals surface area contributed by atoms with Gasteiger partial charge in [-0.2, -0.15) is 4.98 Å². The highest BCUT2D eigenvalue weighted by Gasteiger charge is 2.32. The van der Waals surface area contributed by atoms with E-state index in [9.17, 15) is 10.1 Å². The van der Waals surface area contributed by atoms with E-state index in [1.165, 1.54) is 12.1 Å². The van der Waals surface area contributed by atoms with Crippen LogP contribution in [0.15, 0.2) is 22.7 Å². The van der Waals surface area contributed by atoms with Crippen molar-refractivity contribution >= 4 is 5.69 Å². The van der Waals surface area contributed by atoms with Gasteiger partial charge in [0.2, 0.25) is 0 Å². The van der Waals surface area contributed by atoms with E-state index in [0.29, 0.717) is 17.3 Å². The molecule has 0 radical (unpaired) electrons. The highest BCUT2D eigenvalue weighted by Crippen LogP contribution is 2.38. The Morgan fingerprint density at radius 3 is 2.85 bits per heavy atom. The van der Waals surface area contributed by atoms with Gasteiger partial charge < -0.3 is 10.3 Å². The van der Waals surface area contributed by atoms with E-state index in [4.69, 9.17) is 10.3 Å². The van der Waals surface area contributed by atoms with Crippen LogP contribution in [0, 0.1) is 23.0 Å².